The molecule has 242 valence electrons. The number of carbonyl (C=O) groups excluding carboxylic acids is 3. The van der Waals surface area contributed by atoms with E-state index in [-0.39, 0.29) is 17.6 Å². The van der Waals surface area contributed by atoms with Crippen LogP contribution in [0.5, 0.6) is 11.5 Å². The predicted molar refractivity (Wildman–Crippen MR) is 192 cm³/mol. The minimum absolute atomic E-state index is 0.171. The number of anilines is 1. The van der Waals surface area contributed by atoms with Crippen molar-refractivity contribution in [2.45, 2.75) is 17.8 Å². The van der Waals surface area contributed by atoms with Gasteiger partial charge in [-0.3, -0.25) is 14.4 Å². The number of amides is 2. The Morgan fingerprint density at radius 1 is 0.592 bits per heavy atom. The topological polar surface area (TPSA) is 72.9 Å². The van der Waals surface area contributed by atoms with E-state index in [9.17, 15) is 0 Å². The largest absolute Gasteiger partial charge is 0.497 e. The highest BCUT2D eigenvalue weighted by Crippen LogP contribution is 2.74. The maximum Gasteiger partial charge on any atom is 0.239 e. The van der Waals surface area contributed by atoms with Gasteiger partial charge in [-0.05, 0) is 82.3 Å². The van der Waals surface area contributed by atoms with Gasteiger partial charge in [0.25, 0.3) is 0 Å². The maximum atomic E-state index is 16.1. The van der Waals surface area contributed by atoms with Crippen molar-refractivity contribution in [2.75, 3.05) is 19.1 Å². The molecule has 1 aliphatic heterocycles. The lowest BCUT2D eigenvalue weighted by molar-refractivity contribution is -0.130. The normalized spacial score (nSPS) is 24.1. The van der Waals surface area contributed by atoms with E-state index < -0.39 is 22.7 Å². The molecule has 0 N–H and O–H groups in total. The molecule has 2 fully saturated rings. The highest BCUT2D eigenvalue weighted by Gasteiger charge is 2.82. The molecular formula is C42H32BrNO5. The average molecular weight is 711 g/mol. The minimum atomic E-state index is -1.49. The molecule has 2 amide bonds. The molecule has 1 saturated carbocycles. The van der Waals surface area contributed by atoms with Crippen molar-refractivity contribution >= 4 is 50.4 Å². The number of methoxy groups -OCH3 is 2. The number of fused-ring (bicyclic) bond motifs is 5. The van der Waals surface area contributed by atoms with Crippen LogP contribution in [0.25, 0.3) is 11.1 Å². The molecule has 2 bridgehead atoms. The van der Waals surface area contributed by atoms with Crippen molar-refractivity contribution < 1.29 is 23.9 Å². The fraction of sp³-hybridized carbons (Fsp3) is 0.167. The molecule has 2 aliphatic carbocycles. The van der Waals surface area contributed by atoms with Gasteiger partial charge in [0, 0.05) is 4.47 Å². The van der Waals surface area contributed by atoms with Crippen molar-refractivity contribution in [2.24, 2.45) is 11.8 Å². The van der Waals surface area contributed by atoms with E-state index >= 15 is 14.4 Å². The number of hydrogen-bond acceptors (Lipinski definition) is 5. The van der Waals surface area contributed by atoms with Crippen molar-refractivity contribution in [1.82, 2.24) is 0 Å². The number of benzene rings is 5. The first-order valence-electron chi connectivity index (χ1n) is 16.1. The van der Waals surface area contributed by atoms with E-state index in [1.54, 1.807) is 20.3 Å². The van der Waals surface area contributed by atoms with E-state index in [0.29, 0.717) is 28.3 Å². The fourth-order valence-corrected chi connectivity index (χ4v) is 8.98. The first kappa shape index (κ1) is 31.0. The van der Waals surface area contributed by atoms with Gasteiger partial charge in [0.1, 0.15) is 11.5 Å². The SMILES string of the molecule is COc1ccc(C2=C(c3ccc(OC)cc3)[C@@]3(c4ccccc4)C(=O)[C@@]2(c2ccccc2)[C@@H]2C(=O)N(c4ccc(C)c(Br)c4)C(=O)[C@@H]23)cc1. The molecule has 8 rings (SSSR count). The second-order valence-electron chi connectivity index (χ2n) is 12.8. The Hall–Kier alpha value is -5.27. The number of rotatable bonds is 7. The van der Waals surface area contributed by atoms with Gasteiger partial charge in [-0.2, -0.15) is 0 Å². The van der Waals surface area contributed by atoms with Crippen molar-refractivity contribution in [3.05, 3.63) is 160 Å². The molecule has 0 aromatic heterocycles. The lowest BCUT2D eigenvalue weighted by atomic mass is 9.59. The van der Waals surface area contributed by atoms with E-state index in [1.165, 1.54) is 4.90 Å². The summed E-state index contributed by atoms with van der Waals surface area (Å²) in [4.78, 5) is 47.7. The first-order chi connectivity index (χ1) is 23.8. The van der Waals surface area contributed by atoms with Gasteiger partial charge in [0.05, 0.1) is 42.6 Å². The van der Waals surface area contributed by atoms with Crippen LogP contribution in [0.15, 0.2) is 132 Å². The second kappa shape index (κ2) is 11.4. The summed E-state index contributed by atoms with van der Waals surface area (Å²) in [6.45, 7) is 1.95. The zero-order valence-electron chi connectivity index (χ0n) is 27.1. The quantitative estimate of drug-likeness (QED) is 0.160. The van der Waals surface area contributed by atoms with Crippen LogP contribution in [-0.2, 0) is 25.2 Å². The Morgan fingerprint density at radius 3 is 1.41 bits per heavy atom. The van der Waals surface area contributed by atoms with Gasteiger partial charge in [0.15, 0.2) is 5.78 Å². The number of hydrogen-bond donors (Lipinski definition) is 0. The molecule has 1 heterocycles. The third-order valence-electron chi connectivity index (χ3n) is 10.6. The van der Waals surface area contributed by atoms with E-state index in [0.717, 1.165) is 32.3 Å². The smallest absolute Gasteiger partial charge is 0.239 e. The number of nitrogens with zero attached hydrogens (tertiary/aromatic N) is 1. The molecule has 6 nitrogen and oxygen atoms in total. The summed E-state index contributed by atoms with van der Waals surface area (Å²) in [7, 11) is 3.22. The van der Waals surface area contributed by atoms with Gasteiger partial charge in [0.2, 0.25) is 11.8 Å². The number of ether oxygens (including phenoxy) is 2. The summed E-state index contributed by atoms with van der Waals surface area (Å²) >= 11 is 3.61. The summed E-state index contributed by atoms with van der Waals surface area (Å²) in [5, 5.41) is 0. The first-order valence-corrected chi connectivity index (χ1v) is 16.9. The van der Waals surface area contributed by atoms with Crippen LogP contribution in [0.2, 0.25) is 0 Å². The number of ketones is 1. The zero-order valence-corrected chi connectivity index (χ0v) is 28.7. The molecule has 7 heteroatoms. The standard InChI is InChI=1S/C42H32BrNO5/c1-25-14-19-30(24-33(25)43)44-38(45)36-37(39(44)46)42(29-12-8-5-9-13-29)35(27-17-22-32(49-3)23-18-27)34(26-15-20-31(48-2)21-16-26)41(36,40(42)47)28-10-6-4-7-11-28/h4-24,36-37H,1-3H3/t36-,37+,41-,42-/m1/s1. The fourth-order valence-electron chi connectivity index (χ4n) is 8.62. The van der Waals surface area contributed by atoms with Crippen LogP contribution in [0, 0.1) is 18.8 Å². The Balaban J connectivity index is 1.54. The number of carbonyl (C=O) groups is 3. The Kier molecular flexibility index (Phi) is 7.23. The number of imide groups is 1. The lowest BCUT2D eigenvalue weighted by Gasteiger charge is -2.39. The summed E-state index contributed by atoms with van der Waals surface area (Å²) < 4.78 is 11.8. The van der Waals surface area contributed by atoms with Crippen molar-refractivity contribution in [3.63, 3.8) is 0 Å². The summed E-state index contributed by atoms with van der Waals surface area (Å²) in [6, 6.07) is 39.8. The average Bonchev–Trinajstić information content (AvgIpc) is 3.65. The summed E-state index contributed by atoms with van der Waals surface area (Å²) in [5.41, 5.74) is 2.80. The number of Topliss-reactive ketones (excluding diaryl/α,β-unsaturated/α-hetero) is 1. The van der Waals surface area contributed by atoms with Crippen LogP contribution in [0.4, 0.5) is 5.69 Å². The number of halogens is 1. The molecule has 5 aromatic carbocycles. The van der Waals surface area contributed by atoms with Gasteiger partial charge in [-0.1, -0.05) is 107 Å². The van der Waals surface area contributed by atoms with Crippen molar-refractivity contribution in [3.8, 4) is 11.5 Å². The van der Waals surface area contributed by atoms with Gasteiger partial charge < -0.3 is 9.47 Å². The van der Waals surface area contributed by atoms with Crippen LogP contribution in [-0.4, -0.2) is 31.8 Å². The molecule has 49 heavy (non-hydrogen) atoms. The molecule has 3 aliphatic rings. The second-order valence-corrected chi connectivity index (χ2v) is 13.6. The maximum absolute atomic E-state index is 16.1. The highest BCUT2D eigenvalue weighted by molar-refractivity contribution is 9.10. The summed E-state index contributed by atoms with van der Waals surface area (Å²) in [5.74, 6) is -1.63. The molecule has 5 aromatic rings. The highest BCUT2D eigenvalue weighted by atomic mass is 79.9. The Morgan fingerprint density at radius 2 is 1.02 bits per heavy atom. The van der Waals surface area contributed by atoms with Gasteiger partial charge >= 0.3 is 0 Å². The minimum Gasteiger partial charge on any atom is -0.497 e. The van der Waals surface area contributed by atoms with Crippen LogP contribution in [0.3, 0.4) is 0 Å². The molecule has 0 radical (unpaired) electrons. The van der Waals surface area contributed by atoms with Crippen LogP contribution in [0.1, 0.15) is 27.8 Å². The molecular weight excluding hydrogens is 678 g/mol. The summed E-state index contributed by atoms with van der Waals surface area (Å²) in [6.07, 6.45) is 0. The monoisotopic (exact) mass is 709 g/mol. The molecule has 4 atom stereocenters. The van der Waals surface area contributed by atoms with Gasteiger partial charge in [-0.15, -0.1) is 0 Å². The van der Waals surface area contributed by atoms with E-state index in [1.807, 2.05) is 128 Å². The van der Waals surface area contributed by atoms with Crippen LogP contribution >= 0.6 is 15.9 Å². The molecule has 0 unspecified atom stereocenters. The lowest BCUT2D eigenvalue weighted by Crippen LogP contribution is -2.45. The van der Waals surface area contributed by atoms with Gasteiger partial charge in [-0.25, -0.2) is 4.90 Å². The van der Waals surface area contributed by atoms with Crippen molar-refractivity contribution in [1.29, 1.82) is 0 Å². The Bertz CT molecular complexity index is 2050. The zero-order chi connectivity index (χ0) is 34.1. The number of allylic oxidation sites excluding steroid dienone is 2. The molecule has 1 saturated heterocycles. The third-order valence-corrected chi connectivity index (χ3v) is 11.5. The third kappa shape index (κ3) is 4.09. The van der Waals surface area contributed by atoms with E-state index in [4.69, 9.17) is 9.47 Å². The number of aryl methyl sites for hydroxylation is 1. The van der Waals surface area contributed by atoms with E-state index in [2.05, 4.69) is 15.9 Å². The Labute approximate surface area is 293 Å². The predicted octanol–water partition coefficient (Wildman–Crippen LogP) is 7.96. The molecule has 0 spiro atoms. The van der Waals surface area contributed by atoms with Crippen LogP contribution < -0.4 is 14.4 Å².